The number of amides is 1. The van der Waals surface area contributed by atoms with Gasteiger partial charge in [0.1, 0.15) is 0 Å². The second kappa shape index (κ2) is 7.55. The van der Waals surface area contributed by atoms with E-state index < -0.39 is 15.8 Å². The predicted molar refractivity (Wildman–Crippen MR) is 118 cm³/mol. The third-order valence-corrected chi connectivity index (χ3v) is 7.00. The van der Waals surface area contributed by atoms with Gasteiger partial charge in [0.2, 0.25) is 0 Å². The van der Waals surface area contributed by atoms with Gasteiger partial charge in [-0.1, -0.05) is 30.3 Å². The third kappa shape index (κ3) is 3.77. The van der Waals surface area contributed by atoms with Gasteiger partial charge in [0.05, 0.1) is 21.8 Å². The summed E-state index contributed by atoms with van der Waals surface area (Å²) in [4.78, 5) is 27.1. The summed E-state index contributed by atoms with van der Waals surface area (Å²) >= 11 is 0. The largest absolute Gasteiger partial charge is 0.478 e. The molecule has 0 fully saturated rings. The lowest BCUT2D eigenvalue weighted by Gasteiger charge is -2.07. The average molecular weight is 436 g/mol. The molecular formula is C23H20N2O5S. The number of benzene rings is 2. The van der Waals surface area contributed by atoms with Crippen molar-refractivity contribution in [3.8, 4) is 0 Å². The maximum atomic E-state index is 12.9. The zero-order valence-electron chi connectivity index (χ0n) is 16.9. The summed E-state index contributed by atoms with van der Waals surface area (Å²) < 4.78 is 25.9. The Kier molecular flexibility index (Phi) is 5.02. The van der Waals surface area contributed by atoms with Gasteiger partial charge in [-0.15, -0.1) is 0 Å². The summed E-state index contributed by atoms with van der Waals surface area (Å²) in [5.41, 5.74) is 3.55. The number of sulfone groups is 1. The number of aryl methyl sites for hydroxylation is 1. The molecule has 0 unspecified atom stereocenters. The van der Waals surface area contributed by atoms with Crippen molar-refractivity contribution in [2.75, 3.05) is 5.32 Å². The molecule has 2 aromatic carbocycles. The highest BCUT2D eigenvalue weighted by atomic mass is 32.2. The van der Waals surface area contributed by atoms with Crippen LogP contribution in [0.4, 0.5) is 5.69 Å². The first-order valence-electron chi connectivity index (χ1n) is 9.54. The van der Waals surface area contributed by atoms with Crippen LogP contribution in [-0.2, 0) is 20.4 Å². The van der Waals surface area contributed by atoms with Crippen molar-refractivity contribution in [2.24, 2.45) is 0 Å². The molecule has 7 nitrogen and oxygen atoms in total. The minimum atomic E-state index is -3.62. The van der Waals surface area contributed by atoms with Crippen molar-refractivity contribution in [2.45, 2.75) is 24.5 Å². The van der Waals surface area contributed by atoms with E-state index in [0.29, 0.717) is 33.8 Å². The molecule has 158 valence electrons. The van der Waals surface area contributed by atoms with E-state index in [4.69, 9.17) is 0 Å². The summed E-state index contributed by atoms with van der Waals surface area (Å²) in [5.74, 6) is -1.58. The number of carboxylic acids is 1. The lowest BCUT2D eigenvalue weighted by Crippen LogP contribution is -2.05. The monoisotopic (exact) mass is 436 g/mol. The van der Waals surface area contributed by atoms with E-state index in [1.807, 2.05) is 6.07 Å². The first-order valence-corrected chi connectivity index (χ1v) is 11.2. The van der Waals surface area contributed by atoms with E-state index >= 15 is 0 Å². The standard InChI is InChI=1S/C23H20N2O5S/c1-13-20(24-14(2)21(13)23(27)28)11-18-17-10-16(8-9-19(17)25-22(18)26)31(29,30)12-15-6-4-3-5-7-15/h3-11,24H,12H2,1-2H3,(H,25,26)(H,27,28). The molecule has 1 aliphatic heterocycles. The fourth-order valence-electron chi connectivity index (χ4n) is 3.76. The number of anilines is 1. The zero-order valence-corrected chi connectivity index (χ0v) is 17.7. The molecule has 1 aromatic heterocycles. The first kappa shape index (κ1) is 20.6. The lowest BCUT2D eigenvalue weighted by molar-refractivity contribution is -0.110. The fraction of sp³-hybridized carbons (Fsp3) is 0.130. The third-order valence-electron chi connectivity index (χ3n) is 5.31. The molecule has 0 atom stereocenters. The Labute approximate surface area is 179 Å². The maximum Gasteiger partial charge on any atom is 0.337 e. The van der Waals surface area contributed by atoms with Crippen LogP contribution in [0.25, 0.3) is 11.6 Å². The van der Waals surface area contributed by atoms with E-state index in [-0.39, 0.29) is 27.7 Å². The Hall–Kier alpha value is -3.65. The van der Waals surface area contributed by atoms with Crippen LogP contribution in [0.1, 0.15) is 38.4 Å². The van der Waals surface area contributed by atoms with Gasteiger partial charge in [-0.05, 0) is 49.2 Å². The topological polar surface area (TPSA) is 116 Å². The van der Waals surface area contributed by atoms with Crippen molar-refractivity contribution in [1.29, 1.82) is 0 Å². The molecule has 0 aliphatic carbocycles. The quantitative estimate of drug-likeness (QED) is 0.526. The minimum Gasteiger partial charge on any atom is -0.478 e. The Bertz CT molecular complexity index is 1350. The summed E-state index contributed by atoms with van der Waals surface area (Å²) in [6.45, 7) is 3.31. The SMILES string of the molecule is Cc1[nH]c(C=C2C(=O)Nc3ccc(S(=O)(=O)Cc4ccccc4)cc32)c(C)c1C(=O)O. The number of carbonyl (C=O) groups excluding carboxylic acids is 1. The highest BCUT2D eigenvalue weighted by Gasteiger charge is 2.28. The molecule has 0 radical (unpaired) electrons. The van der Waals surface area contributed by atoms with Crippen molar-refractivity contribution < 1.29 is 23.1 Å². The van der Waals surface area contributed by atoms with Crippen LogP contribution < -0.4 is 5.32 Å². The molecule has 1 aliphatic rings. The molecule has 0 saturated heterocycles. The van der Waals surface area contributed by atoms with Gasteiger partial charge >= 0.3 is 5.97 Å². The summed E-state index contributed by atoms with van der Waals surface area (Å²) in [7, 11) is -3.62. The Morgan fingerprint density at radius 3 is 2.45 bits per heavy atom. The molecule has 8 heteroatoms. The van der Waals surface area contributed by atoms with Crippen LogP contribution in [-0.4, -0.2) is 30.4 Å². The van der Waals surface area contributed by atoms with Gasteiger partial charge in [-0.2, -0.15) is 0 Å². The van der Waals surface area contributed by atoms with Crippen molar-refractivity contribution in [3.63, 3.8) is 0 Å². The highest BCUT2D eigenvalue weighted by Crippen LogP contribution is 2.36. The van der Waals surface area contributed by atoms with E-state index in [2.05, 4.69) is 10.3 Å². The van der Waals surface area contributed by atoms with Crippen LogP contribution in [0, 0.1) is 13.8 Å². The van der Waals surface area contributed by atoms with Gasteiger partial charge in [0, 0.05) is 22.6 Å². The van der Waals surface area contributed by atoms with E-state index in [9.17, 15) is 23.1 Å². The van der Waals surface area contributed by atoms with E-state index in [1.165, 1.54) is 12.1 Å². The second-order valence-corrected chi connectivity index (χ2v) is 9.42. The Morgan fingerprint density at radius 1 is 1.10 bits per heavy atom. The number of rotatable bonds is 5. The van der Waals surface area contributed by atoms with Crippen LogP contribution in [0.5, 0.6) is 0 Å². The maximum absolute atomic E-state index is 12.9. The average Bonchev–Trinajstić information content (AvgIpc) is 3.17. The van der Waals surface area contributed by atoms with E-state index in [0.717, 1.165) is 0 Å². The normalized spacial score (nSPS) is 14.5. The number of aromatic carboxylic acids is 1. The van der Waals surface area contributed by atoms with Crippen molar-refractivity contribution >= 4 is 39.1 Å². The molecule has 2 heterocycles. The van der Waals surface area contributed by atoms with Crippen LogP contribution in [0.3, 0.4) is 0 Å². The Balaban J connectivity index is 1.76. The van der Waals surface area contributed by atoms with Crippen LogP contribution in [0.15, 0.2) is 53.4 Å². The number of hydrogen-bond acceptors (Lipinski definition) is 4. The second-order valence-electron chi connectivity index (χ2n) is 7.43. The molecule has 0 saturated carbocycles. The number of carbonyl (C=O) groups is 2. The first-order chi connectivity index (χ1) is 14.7. The summed E-state index contributed by atoms with van der Waals surface area (Å²) in [6, 6.07) is 13.4. The molecule has 31 heavy (non-hydrogen) atoms. The van der Waals surface area contributed by atoms with Crippen molar-refractivity contribution in [1.82, 2.24) is 4.98 Å². The van der Waals surface area contributed by atoms with Gasteiger partial charge in [-0.3, -0.25) is 4.79 Å². The van der Waals surface area contributed by atoms with Crippen LogP contribution >= 0.6 is 0 Å². The van der Waals surface area contributed by atoms with Crippen molar-refractivity contribution in [3.05, 3.63) is 82.2 Å². The summed E-state index contributed by atoms with van der Waals surface area (Å²) in [5, 5.41) is 12.1. The van der Waals surface area contributed by atoms with Gasteiger partial charge in [0.15, 0.2) is 9.84 Å². The Morgan fingerprint density at radius 2 is 1.81 bits per heavy atom. The smallest absolute Gasteiger partial charge is 0.337 e. The summed E-state index contributed by atoms with van der Waals surface area (Å²) in [6.07, 6.45) is 1.56. The molecule has 3 N–H and O–H groups in total. The number of carboxylic acid groups (broad SMARTS) is 1. The number of nitrogens with one attached hydrogen (secondary N) is 2. The zero-order chi connectivity index (χ0) is 22.3. The molecular weight excluding hydrogens is 416 g/mol. The number of aromatic amines is 1. The van der Waals surface area contributed by atoms with Gasteiger partial charge in [-0.25, -0.2) is 13.2 Å². The fourth-order valence-corrected chi connectivity index (χ4v) is 5.14. The molecule has 1 amide bonds. The van der Waals surface area contributed by atoms with Gasteiger partial charge < -0.3 is 15.4 Å². The molecule has 0 spiro atoms. The number of fused-ring (bicyclic) bond motifs is 1. The molecule has 3 aromatic rings. The van der Waals surface area contributed by atoms with E-state index in [1.54, 1.807) is 50.3 Å². The highest BCUT2D eigenvalue weighted by molar-refractivity contribution is 7.90. The number of hydrogen-bond donors (Lipinski definition) is 3. The number of aromatic nitrogens is 1. The number of H-pyrrole nitrogens is 1. The lowest BCUT2D eigenvalue weighted by atomic mass is 10.0. The minimum absolute atomic E-state index is 0.114. The van der Waals surface area contributed by atoms with Gasteiger partial charge in [0.25, 0.3) is 5.91 Å². The predicted octanol–water partition coefficient (Wildman–Crippen LogP) is 3.80. The molecule has 4 rings (SSSR count). The molecule has 0 bridgehead atoms. The van der Waals surface area contributed by atoms with Crippen LogP contribution in [0.2, 0.25) is 0 Å².